The lowest BCUT2D eigenvalue weighted by molar-refractivity contribution is -0.118. The number of nitrogens with one attached hydrogen (secondary N) is 1. The van der Waals surface area contributed by atoms with Gasteiger partial charge in [0.2, 0.25) is 0 Å². The predicted molar refractivity (Wildman–Crippen MR) is 119 cm³/mol. The third-order valence-corrected chi connectivity index (χ3v) is 6.36. The normalized spacial score (nSPS) is 23.8. The highest BCUT2D eigenvalue weighted by Gasteiger charge is 2.51. The number of rotatable bonds is 5. The molecule has 33 heavy (non-hydrogen) atoms. The van der Waals surface area contributed by atoms with Crippen LogP contribution in [-0.4, -0.2) is 61.1 Å². The Kier molecular flexibility index (Phi) is 5.21. The number of hydrogen-bond acceptors (Lipinski definition) is 8. The average molecular weight is 453 g/mol. The predicted octanol–water partition coefficient (Wildman–Crippen LogP) is 1.82. The second kappa shape index (κ2) is 7.96. The molecule has 3 heterocycles. The maximum atomic E-state index is 12.5. The van der Waals surface area contributed by atoms with E-state index in [-0.39, 0.29) is 48.4 Å². The van der Waals surface area contributed by atoms with Gasteiger partial charge in [0.05, 0.1) is 18.8 Å². The van der Waals surface area contributed by atoms with Crippen molar-refractivity contribution in [2.45, 2.75) is 50.9 Å². The van der Waals surface area contributed by atoms with Gasteiger partial charge in [0, 0.05) is 5.92 Å². The second-order valence-corrected chi connectivity index (χ2v) is 9.57. The molecule has 0 bridgehead atoms. The number of carbonyl (C=O) groups excluding carboxylic acids is 1. The molecule has 0 radical (unpaired) electrons. The minimum atomic E-state index is -0.661. The van der Waals surface area contributed by atoms with Gasteiger partial charge in [-0.15, -0.1) is 0 Å². The van der Waals surface area contributed by atoms with Crippen molar-refractivity contribution >= 4 is 22.9 Å². The summed E-state index contributed by atoms with van der Waals surface area (Å²) in [6.07, 6.45) is 0.762. The van der Waals surface area contributed by atoms with Crippen LogP contribution in [0.5, 0.6) is 11.8 Å². The van der Waals surface area contributed by atoms with Gasteiger partial charge in [-0.2, -0.15) is 4.98 Å². The van der Waals surface area contributed by atoms with E-state index in [4.69, 9.17) is 9.47 Å². The lowest BCUT2D eigenvalue weighted by atomic mass is 9.87. The molecule has 0 unspecified atom stereocenters. The van der Waals surface area contributed by atoms with Crippen LogP contribution < -0.4 is 14.8 Å². The van der Waals surface area contributed by atoms with E-state index >= 15 is 0 Å². The molecule has 5 rings (SSSR count). The van der Waals surface area contributed by atoms with Crippen LogP contribution in [0.1, 0.15) is 38.8 Å². The average Bonchev–Trinajstić information content (AvgIpc) is 3.39. The van der Waals surface area contributed by atoms with E-state index in [0.717, 1.165) is 0 Å². The van der Waals surface area contributed by atoms with Crippen molar-refractivity contribution in [2.24, 2.45) is 5.92 Å². The van der Waals surface area contributed by atoms with Crippen molar-refractivity contribution in [2.75, 3.05) is 18.5 Å². The monoisotopic (exact) mass is 453 g/mol. The maximum absolute atomic E-state index is 12.5. The number of aliphatic hydroxyl groups is 2. The molecular formula is C23H27N5O5. The van der Waals surface area contributed by atoms with E-state index in [0.29, 0.717) is 29.3 Å². The molecule has 3 aromatic rings. The number of carbonyl (C=O) groups is 1. The molecular weight excluding hydrogens is 426 g/mol. The van der Waals surface area contributed by atoms with Gasteiger partial charge in [-0.25, -0.2) is 9.97 Å². The minimum absolute atomic E-state index is 0.0401. The zero-order chi connectivity index (χ0) is 23.3. The van der Waals surface area contributed by atoms with Gasteiger partial charge in [0.15, 0.2) is 23.6 Å². The molecule has 1 amide bonds. The van der Waals surface area contributed by atoms with Gasteiger partial charge in [0.1, 0.15) is 18.2 Å². The lowest BCUT2D eigenvalue weighted by Gasteiger charge is -2.19. The number of aromatic nitrogens is 4. The molecule has 1 fully saturated rings. The minimum Gasteiger partial charge on any atom is -0.484 e. The van der Waals surface area contributed by atoms with Crippen LogP contribution in [0, 0.1) is 5.92 Å². The molecule has 0 spiro atoms. The highest BCUT2D eigenvalue weighted by molar-refractivity contribution is 5.97. The molecule has 2 aromatic heterocycles. The SMILES string of the molecule is CC(C)(C)c1ccc(OCC(=O)Nc2ncnc3c2nc2n3[C@@H]3C[C@@H](O)[C@H](CO)[C@@H]3O2)cc1. The number of nitrogens with zero attached hydrogens (tertiary/aromatic N) is 4. The van der Waals surface area contributed by atoms with Crippen molar-refractivity contribution in [3.8, 4) is 11.8 Å². The van der Waals surface area contributed by atoms with Crippen molar-refractivity contribution in [3.05, 3.63) is 36.2 Å². The Hall–Kier alpha value is -3.24. The quantitative estimate of drug-likeness (QED) is 0.533. The number of anilines is 1. The zero-order valence-electron chi connectivity index (χ0n) is 18.7. The first-order valence-electron chi connectivity index (χ1n) is 11.0. The van der Waals surface area contributed by atoms with Gasteiger partial charge in [-0.3, -0.25) is 9.36 Å². The first-order chi connectivity index (χ1) is 15.8. The van der Waals surface area contributed by atoms with Crippen LogP contribution in [0.2, 0.25) is 0 Å². The number of benzene rings is 1. The fourth-order valence-electron chi connectivity index (χ4n) is 4.56. The van der Waals surface area contributed by atoms with Crippen LogP contribution in [0.25, 0.3) is 11.2 Å². The van der Waals surface area contributed by atoms with Crippen LogP contribution in [-0.2, 0) is 10.2 Å². The van der Waals surface area contributed by atoms with Crippen molar-refractivity contribution in [1.29, 1.82) is 0 Å². The Balaban J connectivity index is 1.29. The standard InChI is InChI=1S/C23H27N5O5/c1-23(2,3)12-4-6-13(7-5-12)32-10-17(31)26-20-18-21(25-11-24-20)28-15-8-16(30)14(9-29)19(15)33-22(28)27-18/h4-7,11,14-16,19,29-30H,8-10H2,1-3H3,(H,24,25,26,31)/t14-,15+,16+,19-/m0/s1. The molecule has 1 aromatic carbocycles. The third kappa shape index (κ3) is 3.79. The number of amides is 1. The molecule has 1 aliphatic heterocycles. The van der Waals surface area contributed by atoms with E-state index in [1.54, 1.807) is 0 Å². The molecule has 10 heteroatoms. The Labute approximate surface area is 190 Å². The summed E-state index contributed by atoms with van der Waals surface area (Å²) in [6, 6.07) is 7.83. The topological polar surface area (TPSA) is 132 Å². The highest BCUT2D eigenvalue weighted by Crippen LogP contribution is 2.46. The molecule has 1 saturated carbocycles. The number of hydrogen-bond donors (Lipinski definition) is 3. The molecule has 3 N–H and O–H groups in total. The molecule has 174 valence electrons. The van der Waals surface area contributed by atoms with E-state index in [1.165, 1.54) is 11.9 Å². The summed E-state index contributed by atoms with van der Waals surface area (Å²) < 4.78 is 13.3. The third-order valence-electron chi connectivity index (χ3n) is 6.36. The molecule has 0 saturated heterocycles. The molecule has 2 aliphatic rings. The van der Waals surface area contributed by atoms with Gasteiger partial charge in [0.25, 0.3) is 11.9 Å². The van der Waals surface area contributed by atoms with Crippen LogP contribution in [0.4, 0.5) is 5.82 Å². The zero-order valence-corrected chi connectivity index (χ0v) is 18.7. The lowest BCUT2D eigenvalue weighted by Crippen LogP contribution is -2.30. The first kappa shape index (κ1) is 21.6. The van der Waals surface area contributed by atoms with Gasteiger partial charge < -0.3 is 25.0 Å². The first-order valence-corrected chi connectivity index (χ1v) is 11.0. The van der Waals surface area contributed by atoms with Crippen molar-refractivity contribution < 1.29 is 24.5 Å². The number of ether oxygens (including phenoxy) is 2. The number of aliphatic hydroxyl groups excluding tert-OH is 2. The second-order valence-electron chi connectivity index (χ2n) is 9.57. The van der Waals surface area contributed by atoms with Crippen LogP contribution in [0.3, 0.4) is 0 Å². The van der Waals surface area contributed by atoms with E-state index < -0.39 is 6.10 Å². The summed E-state index contributed by atoms with van der Waals surface area (Å²) >= 11 is 0. The fraction of sp³-hybridized carbons (Fsp3) is 0.478. The largest absolute Gasteiger partial charge is 0.484 e. The Morgan fingerprint density at radius 2 is 2.03 bits per heavy atom. The van der Waals surface area contributed by atoms with Crippen LogP contribution >= 0.6 is 0 Å². The molecule has 4 atom stereocenters. The highest BCUT2D eigenvalue weighted by atomic mass is 16.5. The van der Waals surface area contributed by atoms with Crippen molar-refractivity contribution in [1.82, 2.24) is 19.5 Å². The molecule has 10 nitrogen and oxygen atoms in total. The van der Waals surface area contributed by atoms with Crippen molar-refractivity contribution in [3.63, 3.8) is 0 Å². The van der Waals surface area contributed by atoms with Gasteiger partial charge >= 0.3 is 0 Å². The van der Waals surface area contributed by atoms with Gasteiger partial charge in [-0.1, -0.05) is 32.9 Å². The Morgan fingerprint density at radius 1 is 1.27 bits per heavy atom. The smallest absolute Gasteiger partial charge is 0.299 e. The number of imidazole rings is 1. The van der Waals surface area contributed by atoms with Crippen LogP contribution in [0.15, 0.2) is 30.6 Å². The Morgan fingerprint density at radius 3 is 2.73 bits per heavy atom. The number of fused-ring (bicyclic) bond motifs is 5. The van der Waals surface area contributed by atoms with E-state index in [2.05, 4.69) is 41.0 Å². The van der Waals surface area contributed by atoms with Gasteiger partial charge in [-0.05, 0) is 29.5 Å². The summed E-state index contributed by atoms with van der Waals surface area (Å²) in [6.45, 7) is 6.06. The summed E-state index contributed by atoms with van der Waals surface area (Å²) in [5, 5.41) is 22.5. The summed E-state index contributed by atoms with van der Waals surface area (Å²) in [7, 11) is 0. The summed E-state index contributed by atoms with van der Waals surface area (Å²) in [5.41, 5.74) is 2.13. The fourth-order valence-corrected chi connectivity index (χ4v) is 4.56. The Bertz CT molecular complexity index is 1190. The summed E-state index contributed by atoms with van der Waals surface area (Å²) in [5.74, 6) is 0.112. The maximum Gasteiger partial charge on any atom is 0.299 e. The molecule has 1 aliphatic carbocycles. The summed E-state index contributed by atoms with van der Waals surface area (Å²) in [4.78, 5) is 25.5. The van der Waals surface area contributed by atoms with E-state index in [1.807, 2.05) is 28.8 Å². The van der Waals surface area contributed by atoms with E-state index in [9.17, 15) is 15.0 Å².